The number of amides is 1. The Morgan fingerprint density at radius 1 is 1.35 bits per heavy atom. The van der Waals surface area contributed by atoms with Crippen LogP contribution < -0.4 is 14.4 Å². The van der Waals surface area contributed by atoms with Gasteiger partial charge in [-0.3, -0.25) is 4.79 Å². The number of anilines is 1. The number of methoxy groups -OCH3 is 1. The second kappa shape index (κ2) is 7.16. The van der Waals surface area contributed by atoms with Crippen molar-refractivity contribution in [1.29, 1.82) is 0 Å². The number of aliphatic hydroxyl groups is 3. The minimum absolute atomic E-state index is 0.0626. The lowest BCUT2D eigenvalue weighted by atomic mass is 10.0. The van der Waals surface area contributed by atoms with Gasteiger partial charge in [0.15, 0.2) is 17.6 Å². The van der Waals surface area contributed by atoms with Crippen molar-refractivity contribution in [3.05, 3.63) is 17.7 Å². The van der Waals surface area contributed by atoms with E-state index in [0.717, 1.165) is 0 Å². The van der Waals surface area contributed by atoms with E-state index >= 15 is 0 Å². The van der Waals surface area contributed by atoms with Gasteiger partial charge in [0.2, 0.25) is 0 Å². The lowest BCUT2D eigenvalue weighted by molar-refractivity contribution is -0.128. The van der Waals surface area contributed by atoms with Gasteiger partial charge >= 0.3 is 0 Å². The van der Waals surface area contributed by atoms with Crippen LogP contribution >= 0.6 is 0 Å². The van der Waals surface area contributed by atoms with Crippen molar-refractivity contribution in [3.63, 3.8) is 0 Å². The van der Waals surface area contributed by atoms with Gasteiger partial charge in [-0.25, -0.2) is 0 Å². The SMILES string of the molecule is COc1cc(CO)cc2c1OC(C(C)C)C(=O)N2CC(O)CO. The molecule has 1 aliphatic heterocycles. The first kappa shape index (κ1) is 17.5. The van der Waals surface area contributed by atoms with E-state index in [1.807, 2.05) is 13.8 Å². The molecule has 0 saturated carbocycles. The predicted molar refractivity (Wildman–Crippen MR) is 83.6 cm³/mol. The van der Waals surface area contributed by atoms with Crippen LogP contribution in [0.1, 0.15) is 19.4 Å². The third kappa shape index (κ3) is 3.41. The number of hydrogen-bond acceptors (Lipinski definition) is 6. The fourth-order valence-electron chi connectivity index (χ4n) is 2.53. The van der Waals surface area contributed by atoms with Crippen LogP contribution in [0.15, 0.2) is 12.1 Å². The second-order valence-electron chi connectivity index (χ2n) is 5.87. The largest absolute Gasteiger partial charge is 0.493 e. The van der Waals surface area contributed by atoms with Crippen LogP contribution in [-0.4, -0.2) is 53.7 Å². The van der Waals surface area contributed by atoms with Gasteiger partial charge in [-0.2, -0.15) is 0 Å². The van der Waals surface area contributed by atoms with Crippen LogP contribution in [0, 0.1) is 5.92 Å². The van der Waals surface area contributed by atoms with Crippen LogP contribution in [0.3, 0.4) is 0 Å². The van der Waals surface area contributed by atoms with Crippen molar-refractivity contribution in [2.24, 2.45) is 5.92 Å². The molecule has 0 bridgehead atoms. The zero-order chi connectivity index (χ0) is 17.1. The molecule has 1 aromatic carbocycles. The van der Waals surface area contributed by atoms with Gasteiger partial charge in [0.25, 0.3) is 5.91 Å². The number of rotatable bonds is 6. The normalized spacial score (nSPS) is 18.7. The molecule has 0 saturated heterocycles. The average molecular weight is 325 g/mol. The quantitative estimate of drug-likeness (QED) is 0.695. The molecule has 2 rings (SSSR count). The molecule has 3 N–H and O–H groups in total. The summed E-state index contributed by atoms with van der Waals surface area (Å²) in [5.74, 6) is 0.435. The van der Waals surface area contributed by atoms with Crippen LogP contribution in [0.5, 0.6) is 11.5 Å². The van der Waals surface area contributed by atoms with E-state index in [1.54, 1.807) is 12.1 Å². The molecule has 128 valence electrons. The maximum Gasteiger partial charge on any atom is 0.268 e. The summed E-state index contributed by atoms with van der Waals surface area (Å²) in [7, 11) is 1.48. The van der Waals surface area contributed by atoms with Crippen molar-refractivity contribution in [3.8, 4) is 11.5 Å². The Balaban J connectivity index is 2.55. The molecule has 1 aromatic rings. The number of hydrogen-bond donors (Lipinski definition) is 3. The lowest BCUT2D eigenvalue weighted by Crippen LogP contribution is -2.51. The van der Waals surface area contributed by atoms with Gasteiger partial charge in [-0.1, -0.05) is 13.8 Å². The lowest BCUT2D eigenvalue weighted by Gasteiger charge is -2.37. The van der Waals surface area contributed by atoms with Crippen LogP contribution in [-0.2, 0) is 11.4 Å². The molecule has 1 aliphatic rings. The Morgan fingerprint density at radius 3 is 2.57 bits per heavy atom. The summed E-state index contributed by atoms with van der Waals surface area (Å²) >= 11 is 0. The van der Waals surface area contributed by atoms with E-state index in [-0.39, 0.29) is 25.0 Å². The summed E-state index contributed by atoms with van der Waals surface area (Å²) in [6.07, 6.45) is -1.77. The highest BCUT2D eigenvalue weighted by molar-refractivity contribution is 6.01. The summed E-state index contributed by atoms with van der Waals surface area (Å²) in [5, 5.41) is 28.2. The smallest absolute Gasteiger partial charge is 0.268 e. The molecule has 23 heavy (non-hydrogen) atoms. The van der Waals surface area contributed by atoms with Crippen molar-refractivity contribution >= 4 is 11.6 Å². The van der Waals surface area contributed by atoms with Gasteiger partial charge in [-0.15, -0.1) is 0 Å². The van der Waals surface area contributed by atoms with Crippen molar-refractivity contribution < 1.29 is 29.6 Å². The number of carbonyl (C=O) groups excluding carboxylic acids is 1. The Hall–Kier alpha value is -1.83. The molecule has 1 heterocycles. The molecule has 2 atom stereocenters. The van der Waals surface area contributed by atoms with Crippen LogP contribution in [0.4, 0.5) is 5.69 Å². The van der Waals surface area contributed by atoms with Gasteiger partial charge in [0, 0.05) is 0 Å². The topological polar surface area (TPSA) is 99.5 Å². The Labute approximate surface area is 135 Å². The Morgan fingerprint density at radius 2 is 2.04 bits per heavy atom. The number of fused-ring (bicyclic) bond motifs is 1. The molecular formula is C16H23NO6. The van der Waals surface area contributed by atoms with E-state index in [4.69, 9.17) is 14.6 Å². The van der Waals surface area contributed by atoms with Gasteiger partial charge in [-0.05, 0) is 23.6 Å². The fraction of sp³-hybridized carbons (Fsp3) is 0.562. The Kier molecular flexibility index (Phi) is 5.46. The van der Waals surface area contributed by atoms with Gasteiger partial charge in [0.1, 0.15) is 0 Å². The first-order valence-electron chi connectivity index (χ1n) is 7.51. The first-order valence-corrected chi connectivity index (χ1v) is 7.51. The Bertz CT molecular complexity index is 574. The first-order chi connectivity index (χ1) is 10.9. The molecule has 0 radical (unpaired) electrons. The maximum absolute atomic E-state index is 12.7. The van der Waals surface area contributed by atoms with Crippen molar-refractivity contribution in [2.75, 3.05) is 25.2 Å². The summed E-state index contributed by atoms with van der Waals surface area (Å²) in [6.45, 7) is 2.99. The molecule has 7 heteroatoms. The summed E-state index contributed by atoms with van der Waals surface area (Å²) in [5.41, 5.74) is 0.978. The number of ether oxygens (including phenoxy) is 2. The number of nitrogens with zero attached hydrogens (tertiary/aromatic N) is 1. The van der Waals surface area contributed by atoms with Crippen molar-refractivity contribution in [1.82, 2.24) is 0 Å². The highest BCUT2D eigenvalue weighted by Crippen LogP contribution is 2.43. The van der Waals surface area contributed by atoms with E-state index in [1.165, 1.54) is 12.0 Å². The fourth-order valence-corrected chi connectivity index (χ4v) is 2.53. The highest BCUT2D eigenvalue weighted by atomic mass is 16.5. The predicted octanol–water partition coefficient (Wildman–Crippen LogP) is 0.291. The van der Waals surface area contributed by atoms with Gasteiger partial charge in [0.05, 0.1) is 38.7 Å². The highest BCUT2D eigenvalue weighted by Gasteiger charge is 2.38. The molecule has 7 nitrogen and oxygen atoms in total. The zero-order valence-corrected chi connectivity index (χ0v) is 13.5. The number of carbonyl (C=O) groups is 1. The number of benzene rings is 1. The molecule has 0 aliphatic carbocycles. The van der Waals surface area contributed by atoms with Crippen LogP contribution in [0.2, 0.25) is 0 Å². The standard InChI is InChI=1S/C16H23NO6/c1-9(2)14-16(21)17(6-11(20)8-19)12-4-10(7-18)5-13(22-3)15(12)23-14/h4-5,9,11,14,18-20H,6-8H2,1-3H3. The van der Waals surface area contributed by atoms with E-state index in [9.17, 15) is 15.0 Å². The summed E-state index contributed by atoms with van der Waals surface area (Å²) in [4.78, 5) is 14.1. The molecule has 1 amide bonds. The number of β-amino-alcohol motifs (C(OH)–C–C–N with tert-alkyl or cyclic N) is 1. The summed E-state index contributed by atoms with van der Waals surface area (Å²) in [6, 6.07) is 3.27. The maximum atomic E-state index is 12.7. The minimum atomic E-state index is -1.07. The molecule has 0 spiro atoms. The molecule has 2 unspecified atom stereocenters. The van der Waals surface area contributed by atoms with E-state index < -0.39 is 18.8 Å². The van der Waals surface area contributed by atoms with Crippen molar-refractivity contribution in [2.45, 2.75) is 32.7 Å². The van der Waals surface area contributed by atoms with Gasteiger partial charge < -0.3 is 29.7 Å². The molecular weight excluding hydrogens is 302 g/mol. The van der Waals surface area contributed by atoms with E-state index in [2.05, 4.69) is 0 Å². The number of aliphatic hydroxyl groups excluding tert-OH is 3. The summed E-state index contributed by atoms with van der Waals surface area (Å²) < 4.78 is 11.1. The molecule has 0 fully saturated rings. The second-order valence-corrected chi connectivity index (χ2v) is 5.87. The van der Waals surface area contributed by atoms with Crippen LogP contribution in [0.25, 0.3) is 0 Å². The van der Waals surface area contributed by atoms with E-state index in [0.29, 0.717) is 22.7 Å². The third-order valence-electron chi connectivity index (χ3n) is 3.75. The monoisotopic (exact) mass is 325 g/mol. The average Bonchev–Trinajstić information content (AvgIpc) is 2.55. The molecule has 0 aromatic heterocycles. The minimum Gasteiger partial charge on any atom is -0.493 e. The zero-order valence-electron chi connectivity index (χ0n) is 13.5. The third-order valence-corrected chi connectivity index (χ3v) is 3.75.